The highest BCUT2D eigenvalue weighted by Crippen LogP contribution is 2.77. The summed E-state index contributed by atoms with van der Waals surface area (Å²) in [7, 11) is 0. The first kappa shape index (κ1) is 22.6. The maximum Gasteiger partial charge on any atom is 0.128 e. The Morgan fingerprint density at radius 3 is 1.72 bits per heavy atom. The Hall–Kier alpha value is -3.24. The lowest BCUT2D eigenvalue weighted by Gasteiger charge is -2.38. The molecule has 1 aliphatic carbocycles. The average Bonchev–Trinajstić information content (AvgIpc) is 3.60. The van der Waals surface area contributed by atoms with Gasteiger partial charge in [-0.1, -0.05) is 135 Å². The minimum atomic E-state index is -0.618. The highest BCUT2D eigenvalue weighted by Gasteiger charge is 2.73. The van der Waals surface area contributed by atoms with Gasteiger partial charge in [0.2, 0.25) is 0 Å². The molecule has 4 unspecified atom stereocenters. The summed E-state index contributed by atoms with van der Waals surface area (Å²) in [5.41, 5.74) is 6.54. The quantitative estimate of drug-likeness (QED) is 0.185. The predicted octanol–water partition coefficient (Wildman–Crippen LogP) is 9.93. The van der Waals surface area contributed by atoms with E-state index in [4.69, 9.17) is 4.74 Å². The SMILES string of the molecule is Brc1ccc2c3c(ccc(Br)c13)C1C2C2(c3ccccc3)OC1(c1ccc3ccccc3c1)c1ccccc12. The van der Waals surface area contributed by atoms with Gasteiger partial charge >= 0.3 is 0 Å². The van der Waals surface area contributed by atoms with Crippen LogP contribution in [0.25, 0.3) is 21.5 Å². The maximum atomic E-state index is 7.73. The minimum absolute atomic E-state index is 0.133. The molecular weight excluding hydrogens is 608 g/mol. The van der Waals surface area contributed by atoms with Gasteiger partial charge in [0, 0.05) is 26.2 Å². The predicted molar refractivity (Wildman–Crippen MR) is 164 cm³/mol. The van der Waals surface area contributed by atoms with Gasteiger partial charge in [0.15, 0.2) is 0 Å². The van der Waals surface area contributed by atoms with Crippen LogP contribution in [0.5, 0.6) is 0 Å². The van der Waals surface area contributed by atoms with Crippen LogP contribution in [0.15, 0.2) is 130 Å². The van der Waals surface area contributed by atoms with E-state index in [1.807, 2.05) is 0 Å². The molecule has 3 heteroatoms. The zero-order valence-electron chi connectivity index (χ0n) is 20.9. The van der Waals surface area contributed by atoms with Crippen molar-refractivity contribution in [3.05, 3.63) is 164 Å². The molecule has 2 aliphatic heterocycles. The Morgan fingerprint density at radius 1 is 0.487 bits per heavy atom. The molecule has 39 heavy (non-hydrogen) atoms. The van der Waals surface area contributed by atoms with Gasteiger partial charge in [-0.3, -0.25) is 0 Å². The standard InChI is InChI=1S/C36H22Br2O/c37-29-18-16-25-31-26(17-19-30(38)32(29)31)34-33(25)35(23-10-2-1-3-11-23)27-12-6-7-13-28(27)36(34,39-35)24-15-14-21-8-4-5-9-22(21)20-24/h1-20,33-34H. The second kappa shape index (κ2) is 7.69. The van der Waals surface area contributed by atoms with E-state index < -0.39 is 11.2 Å². The Kier molecular flexibility index (Phi) is 4.45. The van der Waals surface area contributed by atoms with Crippen LogP contribution in [-0.4, -0.2) is 0 Å². The smallest absolute Gasteiger partial charge is 0.128 e. The van der Waals surface area contributed by atoms with Crippen LogP contribution < -0.4 is 0 Å². The van der Waals surface area contributed by atoms with E-state index in [9.17, 15) is 0 Å². The molecule has 1 nitrogen and oxygen atoms in total. The molecular formula is C36H22Br2O. The zero-order chi connectivity index (χ0) is 25.9. The second-order valence-corrected chi connectivity index (χ2v) is 12.7. The van der Waals surface area contributed by atoms with Crippen molar-refractivity contribution in [1.82, 2.24) is 0 Å². The van der Waals surface area contributed by atoms with Gasteiger partial charge in [0.05, 0.1) is 0 Å². The fourth-order valence-corrected chi connectivity index (χ4v) is 9.46. The largest absolute Gasteiger partial charge is 0.348 e. The normalized spacial score (nSPS) is 25.8. The van der Waals surface area contributed by atoms with E-state index in [0.717, 1.165) is 8.95 Å². The fraction of sp³-hybridized carbons (Fsp3) is 0.111. The number of halogens is 2. The van der Waals surface area contributed by atoms with Crippen LogP contribution in [-0.2, 0) is 15.9 Å². The van der Waals surface area contributed by atoms with Crippen molar-refractivity contribution in [2.24, 2.45) is 0 Å². The van der Waals surface area contributed by atoms with Gasteiger partial charge in [-0.05, 0) is 67.7 Å². The number of benzene rings is 6. The Bertz CT molecular complexity index is 1990. The summed E-state index contributed by atoms with van der Waals surface area (Å²) >= 11 is 7.76. The highest BCUT2D eigenvalue weighted by atomic mass is 79.9. The molecule has 0 saturated carbocycles. The zero-order valence-corrected chi connectivity index (χ0v) is 24.0. The topological polar surface area (TPSA) is 9.23 Å². The minimum Gasteiger partial charge on any atom is -0.348 e. The van der Waals surface area contributed by atoms with Crippen molar-refractivity contribution in [1.29, 1.82) is 0 Å². The molecule has 3 aliphatic rings. The van der Waals surface area contributed by atoms with Crippen LogP contribution >= 0.6 is 31.9 Å². The summed E-state index contributed by atoms with van der Waals surface area (Å²) in [6.07, 6.45) is 0. The summed E-state index contributed by atoms with van der Waals surface area (Å²) in [4.78, 5) is 0. The van der Waals surface area contributed by atoms with E-state index in [0.29, 0.717) is 0 Å². The van der Waals surface area contributed by atoms with Crippen molar-refractivity contribution in [3.8, 4) is 0 Å². The van der Waals surface area contributed by atoms with Crippen LogP contribution in [0, 0.1) is 0 Å². The molecule has 4 atom stereocenters. The third kappa shape index (κ3) is 2.60. The van der Waals surface area contributed by atoms with E-state index in [2.05, 4.69) is 153 Å². The lowest BCUT2D eigenvalue weighted by Crippen LogP contribution is -2.35. The number of rotatable bonds is 2. The molecule has 0 amide bonds. The molecule has 6 aromatic carbocycles. The third-order valence-electron chi connectivity index (χ3n) is 9.43. The molecule has 1 fully saturated rings. The lowest BCUT2D eigenvalue weighted by atomic mass is 9.59. The average molecular weight is 630 g/mol. The summed E-state index contributed by atoms with van der Waals surface area (Å²) in [5.74, 6) is 0.273. The molecule has 0 radical (unpaired) electrons. The summed E-state index contributed by atoms with van der Waals surface area (Å²) in [6.45, 7) is 0. The molecule has 1 saturated heterocycles. The molecule has 0 aromatic heterocycles. The van der Waals surface area contributed by atoms with Crippen molar-refractivity contribution in [2.45, 2.75) is 23.0 Å². The maximum absolute atomic E-state index is 7.73. The molecule has 0 spiro atoms. The monoisotopic (exact) mass is 628 g/mol. The first-order valence-electron chi connectivity index (χ1n) is 13.4. The molecule has 6 aromatic rings. The van der Waals surface area contributed by atoms with Gasteiger partial charge in [0.25, 0.3) is 0 Å². The lowest BCUT2D eigenvalue weighted by molar-refractivity contribution is -0.0479. The third-order valence-corrected chi connectivity index (χ3v) is 10.8. The molecule has 186 valence electrons. The van der Waals surface area contributed by atoms with Gasteiger partial charge in [-0.25, -0.2) is 0 Å². The Morgan fingerprint density at radius 2 is 1.05 bits per heavy atom. The number of ether oxygens (including phenoxy) is 1. The van der Waals surface area contributed by atoms with Gasteiger partial charge in [0.1, 0.15) is 11.2 Å². The van der Waals surface area contributed by atoms with Crippen LogP contribution in [0.1, 0.15) is 45.2 Å². The second-order valence-electron chi connectivity index (χ2n) is 11.0. The fourth-order valence-electron chi connectivity index (χ4n) is 8.10. The van der Waals surface area contributed by atoms with Gasteiger partial charge in [-0.15, -0.1) is 0 Å². The highest BCUT2D eigenvalue weighted by molar-refractivity contribution is 9.11. The van der Waals surface area contributed by atoms with Gasteiger partial charge in [-0.2, -0.15) is 0 Å². The molecule has 2 heterocycles. The van der Waals surface area contributed by atoms with E-state index in [1.54, 1.807) is 0 Å². The number of fused-ring (bicyclic) bond motifs is 11. The first-order valence-corrected chi connectivity index (χ1v) is 15.0. The molecule has 2 bridgehead atoms. The molecule has 9 rings (SSSR count). The summed E-state index contributed by atoms with van der Waals surface area (Å²) in [6, 6.07) is 44.5. The summed E-state index contributed by atoms with van der Waals surface area (Å²) < 4.78 is 9.97. The number of hydrogen-bond donors (Lipinski definition) is 0. The van der Waals surface area contributed by atoms with Gasteiger partial charge < -0.3 is 4.74 Å². The first-order chi connectivity index (χ1) is 19.1. The van der Waals surface area contributed by atoms with Crippen molar-refractivity contribution in [3.63, 3.8) is 0 Å². The van der Waals surface area contributed by atoms with Crippen molar-refractivity contribution >= 4 is 53.4 Å². The van der Waals surface area contributed by atoms with E-state index >= 15 is 0 Å². The van der Waals surface area contributed by atoms with Crippen molar-refractivity contribution < 1.29 is 4.74 Å². The van der Waals surface area contributed by atoms with E-state index in [1.165, 1.54) is 54.9 Å². The number of hydrogen-bond acceptors (Lipinski definition) is 1. The van der Waals surface area contributed by atoms with Crippen molar-refractivity contribution in [2.75, 3.05) is 0 Å². The molecule has 0 N–H and O–H groups in total. The van der Waals surface area contributed by atoms with Crippen LogP contribution in [0.2, 0.25) is 0 Å². The Labute approximate surface area is 243 Å². The van der Waals surface area contributed by atoms with E-state index in [-0.39, 0.29) is 11.8 Å². The van der Waals surface area contributed by atoms with Crippen LogP contribution in [0.3, 0.4) is 0 Å². The van der Waals surface area contributed by atoms with Crippen LogP contribution in [0.4, 0.5) is 0 Å². The summed E-state index contributed by atoms with van der Waals surface area (Å²) in [5, 5.41) is 5.10. The Balaban J connectivity index is 1.46.